The third-order valence-corrected chi connectivity index (χ3v) is 5.04. The molecule has 0 bridgehead atoms. The van der Waals surface area contributed by atoms with Crippen molar-refractivity contribution in [3.8, 4) is 11.5 Å². The smallest absolute Gasteiger partial charge is 0.337 e. The van der Waals surface area contributed by atoms with Gasteiger partial charge in [-0.25, -0.2) is 13.2 Å². The molecule has 2 aromatic carbocycles. The third kappa shape index (κ3) is 5.85. The van der Waals surface area contributed by atoms with Crippen LogP contribution in [-0.4, -0.2) is 54.4 Å². The molecule has 156 valence electrons. The van der Waals surface area contributed by atoms with Crippen molar-refractivity contribution >= 4 is 33.3 Å². The molecule has 0 saturated carbocycles. The number of hydrogen-bond donors (Lipinski definition) is 1. The number of hydrogen-bond acceptors (Lipinski definition) is 7. The molecular formula is C19H22N2O7S. The molecule has 9 nitrogen and oxygen atoms in total. The number of nitrogens with zero attached hydrogens (tertiary/aromatic N) is 1. The van der Waals surface area contributed by atoms with Gasteiger partial charge in [-0.1, -0.05) is 0 Å². The molecule has 0 fully saturated rings. The van der Waals surface area contributed by atoms with Crippen molar-refractivity contribution in [3.63, 3.8) is 0 Å². The largest absolute Gasteiger partial charge is 0.497 e. The first-order chi connectivity index (χ1) is 13.7. The molecule has 2 rings (SSSR count). The first kappa shape index (κ1) is 22.0. The van der Waals surface area contributed by atoms with Crippen LogP contribution in [0.5, 0.6) is 11.5 Å². The highest BCUT2D eigenvalue weighted by Gasteiger charge is 2.21. The highest BCUT2D eigenvalue weighted by molar-refractivity contribution is 7.92. The quantitative estimate of drug-likeness (QED) is 0.647. The maximum Gasteiger partial charge on any atom is 0.337 e. The fourth-order valence-corrected chi connectivity index (χ4v) is 3.35. The summed E-state index contributed by atoms with van der Waals surface area (Å²) in [5, 5.41) is 2.62. The summed E-state index contributed by atoms with van der Waals surface area (Å²) in [5.74, 6) is -0.175. The van der Waals surface area contributed by atoms with Crippen molar-refractivity contribution in [2.75, 3.05) is 43.8 Å². The normalized spacial score (nSPS) is 10.8. The highest BCUT2D eigenvalue weighted by atomic mass is 32.2. The van der Waals surface area contributed by atoms with E-state index in [1.165, 1.54) is 45.6 Å². The van der Waals surface area contributed by atoms with Gasteiger partial charge in [-0.2, -0.15) is 0 Å². The average Bonchev–Trinajstić information content (AvgIpc) is 2.70. The van der Waals surface area contributed by atoms with Gasteiger partial charge >= 0.3 is 5.97 Å². The van der Waals surface area contributed by atoms with Crippen molar-refractivity contribution in [1.29, 1.82) is 0 Å². The number of rotatable bonds is 8. The Labute approximate surface area is 169 Å². The number of carbonyl (C=O) groups excluding carboxylic acids is 2. The van der Waals surface area contributed by atoms with Crippen LogP contribution in [0, 0.1) is 0 Å². The van der Waals surface area contributed by atoms with Crippen LogP contribution >= 0.6 is 0 Å². The molecule has 10 heteroatoms. The van der Waals surface area contributed by atoms with Gasteiger partial charge in [0.05, 0.1) is 38.8 Å². The second kappa shape index (κ2) is 9.28. The van der Waals surface area contributed by atoms with E-state index >= 15 is 0 Å². The zero-order valence-corrected chi connectivity index (χ0v) is 17.3. The number of sulfonamides is 1. The lowest BCUT2D eigenvalue weighted by atomic mass is 10.2. The van der Waals surface area contributed by atoms with E-state index in [2.05, 4.69) is 10.1 Å². The number of nitrogens with one attached hydrogen (secondary N) is 1. The summed E-state index contributed by atoms with van der Waals surface area (Å²) in [6, 6.07) is 10.5. The van der Waals surface area contributed by atoms with E-state index in [0.29, 0.717) is 17.2 Å². The van der Waals surface area contributed by atoms with Crippen LogP contribution in [0.2, 0.25) is 0 Å². The predicted molar refractivity (Wildman–Crippen MR) is 108 cm³/mol. The Hall–Kier alpha value is -3.27. The molecule has 0 aromatic heterocycles. The van der Waals surface area contributed by atoms with Crippen molar-refractivity contribution in [1.82, 2.24) is 0 Å². The molecular weight excluding hydrogens is 400 g/mol. The van der Waals surface area contributed by atoms with Gasteiger partial charge in [-0.15, -0.1) is 0 Å². The molecule has 0 atom stereocenters. The molecule has 0 spiro atoms. The summed E-state index contributed by atoms with van der Waals surface area (Å²) >= 11 is 0. The van der Waals surface area contributed by atoms with Crippen molar-refractivity contribution in [2.24, 2.45) is 0 Å². The predicted octanol–water partition coefficient (Wildman–Crippen LogP) is 1.90. The van der Waals surface area contributed by atoms with Crippen LogP contribution in [0.15, 0.2) is 42.5 Å². The van der Waals surface area contributed by atoms with E-state index in [-0.39, 0.29) is 11.3 Å². The first-order valence-corrected chi connectivity index (χ1v) is 10.2. The number of methoxy groups -OCH3 is 3. The SMILES string of the molecule is COC(=O)c1ccc(N(CC(=O)Nc2cc(OC)cc(OC)c2)S(C)(=O)=O)cc1. The van der Waals surface area contributed by atoms with Gasteiger partial charge < -0.3 is 19.5 Å². The average molecular weight is 422 g/mol. The van der Waals surface area contributed by atoms with Crippen molar-refractivity contribution < 1.29 is 32.2 Å². The Bertz CT molecular complexity index is 966. The van der Waals surface area contributed by atoms with E-state index in [9.17, 15) is 18.0 Å². The molecule has 1 amide bonds. The highest BCUT2D eigenvalue weighted by Crippen LogP contribution is 2.26. The summed E-state index contributed by atoms with van der Waals surface area (Å²) in [7, 11) is 0.436. The minimum atomic E-state index is -3.76. The van der Waals surface area contributed by atoms with Gasteiger partial charge in [0.1, 0.15) is 18.0 Å². The van der Waals surface area contributed by atoms with Crippen LogP contribution < -0.4 is 19.1 Å². The lowest BCUT2D eigenvalue weighted by Gasteiger charge is -2.22. The Morgan fingerprint density at radius 1 is 0.966 bits per heavy atom. The first-order valence-electron chi connectivity index (χ1n) is 8.37. The fourth-order valence-electron chi connectivity index (χ4n) is 2.49. The minimum Gasteiger partial charge on any atom is -0.497 e. The zero-order valence-electron chi connectivity index (χ0n) is 16.5. The minimum absolute atomic E-state index is 0.235. The van der Waals surface area contributed by atoms with E-state index in [1.54, 1.807) is 18.2 Å². The number of carbonyl (C=O) groups is 2. The van der Waals surface area contributed by atoms with E-state index < -0.39 is 28.4 Å². The van der Waals surface area contributed by atoms with Crippen LogP contribution in [0.1, 0.15) is 10.4 Å². The molecule has 0 aliphatic carbocycles. The van der Waals surface area contributed by atoms with Gasteiger partial charge in [0, 0.05) is 23.9 Å². The molecule has 0 heterocycles. The summed E-state index contributed by atoms with van der Waals surface area (Å²) in [4.78, 5) is 24.0. The molecule has 1 N–H and O–H groups in total. The van der Waals surface area contributed by atoms with Crippen LogP contribution in [-0.2, 0) is 19.6 Å². The Kier molecular flexibility index (Phi) is 7.05. The molecule has 0 radical (unpaired) electrons. The van der Waals surface area contributed by atoms with Gasteiger partial charge in [0.2, 0.25) is 15.9 Å². The van der Waals surface area contributed by atoms with Gasteiger partial charge in [0.25, 0.3) is 0 Å². The molecule has 0 saturated heterocycles. The maximum atomic E-state index is 12.5. The van der Waals surface area contributed by atoms with Crippen LogP contribution in [0.4, 0.5) is 11.4 Å². The Morgan fingerprint density at radius 2 is 1.52 bits per heavy atom. The number of benzene rings is 2. The number of ether oxygens (including phenoxy) is 3. The number of amides is 1. The molecule has 2 aromatic rings. The Morgan fingerprint density at radius 3 is 1.97 bits per heavy atom. The van der Waals surface area contributed by atoms with Crippen molar-refractivity contribution in [3.05, 3.63) is 48.0 Å². The summed E-state index contributed by atoms with van der Waals surface area (Å²) in [5.41, 5.74) is 0.886. The van der Waals surface area contributed by atoms with E-state index in [0.717, 1.165) is 10.6 Å². The molecule has 0 aliphatic rings. The van der Waals surface area contributed by atoms with E-state index in [1.807, 2.05) is 0 Å². The maximum absolute atomic E-state index is 12.5. The lowest BCUT2D eigenvalue weighted by Crippen LogP contribution is -2.37. The van der Waals surface area contributed by atoms with Crippen LogP contribution in [0.3, 0.4) is 0 Å². The summed E-state index contributed by atoms with van der Waals surface area (Å²) < 4.78 is 40.3. The lowest BCUT2D eigenvalue weighted by molar-refractivity contribution is -0.114. The van der Waals surface area contributed by atoms with Crippen LogP contribution in [0.25, 0.3) is 0 Å². The number of esters is 1. The second-order valence-electron chi connectivity index (χ2n) is 5.96. The zero-order chi connectivity index (χ0) is 21.6. The Balaban J connectivity index is 2.23. The van der Waals surface area contributed by atoms with E-state index in [4.69, 9.17) is 9.47 Å². The monoisotopic (exact) mass is 422 g/mol. The third-order valence-electron chi connectivity index (χ3n) is 3.90. The molecule has 0 aliphatic heterocycles. The fraction of sp³-hybridized carbons (Fsp3) is 0.263. The number of anilines is 2. The molecule has 29 heavy (non-hydrogen) atoms. The second-order valence-corrected chi connectivity index (χ2v) is 7.86. The topological polar surface area (TPSA) is 111 Å². The summed E-state index contributed by atoms with van der Waals surface area (Å²) in [6.45, 7) is -0.462. The van der Waals surface area contributed by atoms with Gasteiger partial charge in [0.15, 0.2) is 0 Å². The standard InChI is InChI=1S/C19H22N2O7S/c1-26-16-9-14(10-17(11-16)27-2)20-18(22)12-21(29(4,24)25)15-7-5-13(6-8-15)19(23)28-3/h5-11H,12H2,1-4H3,(H,20,22). The molecule has 0 unspecified atom stereocenters. The van der Waals surface area contributed by atoms with Gasteiger partial charge in [-0.3, -0.25) is 9.10 Å². The van der Waals surface area contributed by atoms with Gasteiger partial charge in [-0.05, 0) is 24.3 Å². The summed E-state index contributed by atoms with van der Waals surface area (Å²) in [6.07, 6.45) is 0.989. The van der Waals surface area contributed by atoms with Crippen molar-refractivity contribution in [2.45, 2.75) is 0 Å².